The van der Waals surface area contributed by atoms with Crippen molar-refractivity contribution in [3.63, 3.8) is 0 Å². The number of fused-ring (bicyclic) bond motifs is 2. The molecular weight excluding hydrogens is 713 g/mol. The fourth-order valence-electron chi connectivity index (χ4n) is 7.87. The van der Waals surface area contributed by atoms with Crippen molar-refractivity contribution in [1.29, 1.82) is 0 Å². The van der Waals surface area contributed by atoms with Crippen LogP contribution in [0, 0.1) is 18.7 Å². The highest BCUT2D eigenvalue weighted by molar-refractivity contribution is 6.00. The van der Waals surface area contributed by atoms with Crippen LogP contribution in [0.2, 0.25) is 0 Å². The topological polar surface area (TPSA) is 157 Å². The van der Waals surface area contributed by atoms with Crippen molar-refractivity contribution in [1.82, 2.24) is 14.9 Å². The Morgan fingerprint density at radius 3 is 2.33 bits per heavy atom. The van der Waals surface area contributed by atoms with Crippen LogP contribution in [0.5, 0.6) is 28.7 Å². The zero-order chi connectivity index (χ0) is 39.0. The SMILES string of the molecule is COc1cc(/C(=N/NC(O)COc2ccccc2C)N2CCCC3CN(c4c(OC)cc5c(c4F)c(=O)c(C(=O)O)cn5C4CC4)CC32)cc(OC)c1OC. The molecule has 1 saturated carbocycles. The second-order valence-electron chi connectivity index (χ2n) is 14.1. The van der Waals surface area contributed by atoms with E-state index in [2.05, 4.69) is 10.3 Å². The third-order valence-corrected chi connectivity index (χ3v) is 10.7. The van der Waals surface area contributed by atoms with Gasteiger partial charge in [0.2, 0.25) is 11.2 Å². The van der Waals surface area contributed by atoms with Crippen molar-refractivity contribution in [3.05, 3.63) is 81.4 Å². The van der Waals surface area contributed by atoms with Crippen LogP contribution in [0.3, 0.4) is 0 Å². The number of rotatable bonds is 13. The average Bonchev–Trinajstić information content (AvgIpc) is 3.94. The Bertz CT molecular complexity index is 2160. The van der Waals surface area contributed by atoms with Crippen LogP contribution in [0.1, 0.15) is 53.2 Å². The minimum Gasteiger partial charge on any atom is -0.494 e. The molecule has 4 aromatic rings. The van der Waals surface area contributed by atoms with E-state index in [-0.39, 0.29) is 41.4 Å². The van der Waals surface area contributed by atoms with Crippen LogP contribution in [0.4, 0.5) is 10.1 Å². The molecule has 2 saturated heterocycles. The first-order valence-electron chi connectivity index (χ1n) is 18.3. The number of nitrogens with zero attached hydrogens (tertiary/aromatic N) is 4. The van der Waals surface area contributed by atoms with Crippen LogP contribution in [0.15, 0.2) is 58.6 Å². The number of carboxylic acids is 1. The maximum atomic E-state index is 16.9. The maximum absolute atomic E-state index is 16.9. The molecule has 1 aliphatic carbocycles. The predicted octanol–water partition coefficient (Wildman–Crippen LogP) is 4.77. The molecular formula is C40H46FN5O9. The smallest absolute Gasteiger partial charge is 0.341 e. The summed E-state index contributed by atoms with van der Waals surface area (Å²) in [6.45, 7) is 3.21. The molecule has 3 heterocycles. The van der Waals surface area contributed by atoms with Gasteiger partial charge in [0.15, 0.2) is 29.4 Å². The van der Waals surface area contributed by atoms with Crippen molar-refractivity contribution < 1.29 is 43.1 Å². The first-order valence-corrected chi connectivity index (χ1v) is 18.3. The predicted molar refractivity (Wildman–Crippen MR) is 204 cm³/mol. The quantitative estimate of drug-likeness (QED) is 0.0745. The van der Waals surface area contributed by atoms with E-state index in [1.54, 1.807) is 22.8 Å². The molecule has 7 rings (SSSR count). The molecule has 15 heteroatoms. The lowest BCUT2D eigenvalue weighted by Crippen LogP contribution is -2.49. The van der Waals surface area contributed by atoms with E-state index in [1.807, 2.05) is 36.1 Å². The van der Waals surface area contributed by atoms with Gasteiger partial charge in [0, 0.05) is 43.5 Å². The molecule has 1 aromatic heterocycles. The molecule has 14 nitrogen and oxygen atoms in total. The van der Waals surface area contributed by atoms with E-state index < -0.39 is 29.0 Å². The molecule has 292 valence electrons. The summed E-state index contributed by atoms with van der Waals surface area (Å²) < 4.78 is 47.2. The number of aliphatic hydroxyl groups is 1. The number of aromatic nitrogens is 1. The molecule has 3 aromatic carbocycles. The molecule has 3 atom stereocenters. The van der Waals surface area contributed by atoms with E-state index in [0.717, 1.165) is 31.2 Å². The van der Waals surface area contributed by atoms with Crippen LogP contribution < -0.4 is 39.4 Å². The number of likely N-dealkylation sites (tertiary alicyclic amines) is 1. The van der Waals surface area contributed by atoms with Crippen LogP contribution in [0.25, 0.3) is 10.9 Å². The monoisotopic (exact) mass is 759 g/mol. The Morgan fingerprint density at radius 1 is 0.982 bits per heavy atom. The number of aliphatic hydroxyl groups excluding tert-OH is 1. The molecule has 3 N–H and O–H groups in total. The normalized spacial score (nSPS) is 18.9. The number of pyridine rings is 1. The summed E-state index contributed by atoms with van der Waals surface area (Å²) in [4.78, 5) is 29.7. The van der Waals surface area contributed by atoms with Crippen LogP contribution in [-0.4, -0.2) is 98.4 Å². The summed E-state index contributed by atoms with van der Waals surface area (Å²) in [6, 6.07) is 12.5. The number of anilines is 1. The number of benzene rings is 3. The third-order valence-electron chi connectivity index (χ3n) is 10.7. The number of hydrogen-bond acceptors (Lipinski definition) is 11. The molecule has 3 fully saturated rings. The number of piperidine rings is 1. The maximum Gasteiger partial charge on any atom is 0.341 e. The number of aromatic carboxylic acids is 1. The van der Waals surface area contributed by atoms with Gasteiger partial charge in [0.1, 0.15) is 29.4 Å². The highest BCUT2D eigenvalue weighted by Gasteiger charge is 2.43. The number of para-hydroxylation sites is 1. The lowest BCUT2D eigenvalue weighted by atomic mass is 9.91. The highest BCUT2D eigenvalue weighted by Crippen LogP contribution is 2.45. The summed E-state index contributed by atoms with van der Waals surface area (Å²) in [5, 5.41) is 25.4. The summed E-state index contributed by atoms with van der Waals surface area (Å²) in [7, 11) is 6.03. The molecule has 2 aliphatic heterocycles. The number of hydrogen-bond donors (Lipinski definition) is 3. The molecule has 0 bridgehead atoms. The summed E-state index contributed by atoms with van der Waals surface area (Å²) in [5.74, 6) is 0.443. The van der Waals surface area contributed by atoms with Gasteiger partial charge in [-0.3, -0.25) is 10.2 Å². The zero-order valence-corrected chi connectivity index (χ0v) is 31.5. The van der Waals surface area contributed by atoms with Crippen molar-refractivity contribution in [3.8, 4) is 28.7 Å². The number of methoxy groups -OCH3 is 4. The summed E-state index contributed by atoms with van der Waals surface area (Å²) >= 11 is 0. The Labute approximate surface area is 317 Å². The lowest BCUT2D eigenvalue weighted by molar-refractivity contribution is 0.0694. The van der Waals surface area contributed by atoms with Crippen LogP contribution in [-0.2, 0) is 0 Å². The second kappa shape index (κ2) is 15.6. The third kappa shape index (κ3) is 7.15. The van der Waals surface area contributed by atoms with Gasteiger partial charge in [-0.1, -0.05) is 18.2 Å². The number of aryl methyl sites for hydroxylation is 1. The van der Waals surface area contributed by atoms with E-state index in [4.69, 9.17) is 28.8 Å². The van der Waals surface area contributed by atoms with Crippen molar-refractivity contribution in [2.75, 3.05) is 59.6 Å². The lowest BCUT2D eigenvalue weighted by Gasteiger charge is -2.39. The number of amidine groups is 1. The van der Waals surface area contributed by atoms with E-state index >= 15 is 4.39 Å². The van der Waals surface area contributed by atoms with Gasteiger partial charge in [-0.05, 0) is 62.3 Å². The Hall–Kier alpha value is -5.70. The minimum absolute atomic E-state index is 0.0200. The number of ether oxygens (including phenoxy) is 5. The average molecular weight is 760 g/mol. The molecule has 0 amide bonds. The largest absolute Gasteiger partial charge is 0.494 e. The van der Waals surface area contributed by atoms with Gasteiger partial charge >= 0.3 is 5.97 Å². The standard InChI is InChI=1S/C40H46FN5O9/c1-22-9-6-7-11-29(22)55-21-33(47)42-43-39(24-15-31(52-3)38(54-5)32(16-24)53-4)45-14-8-10-23-18-44(20-28(23)45)36-30(51-2)17-27-34(35(36)41)37(48)26(40(49)50)19-46(27)25-12-13-25/h6-7,9,11,15-17,19,23,25,28,33,42,47H,8,10,12-14,18,20-21H2,1-5H3,(H,49,50)/b43-39-. The Kier molecular flexibility index (Phi) is 10.6. The number of nitrogens with one attached hydrogen (secondary N) is 1. The van der Waals surface area contributed by atoms with Gasteiger partial charge in [-0.2, -0.15) is 5.10 Å². The number of carboxylic acid groups (broad SMARTS) is 1. The molecule has 55 heavy (non-hydrogen) atoms. The second-order valence-corrected chi connectivity index (χ2v) is 14.1. The Morgan fingerprint density at radius 2 is 1.69 bits per heavy atom. The van der Waals surface area contributed by atoms with Crippen molar-refractivity contribution in [2.24, 2.45) is 11.0 Å². The molecule has 3 aliphatic rings. The Balaban J connectivity index is 1.26. The highest BCUT2D eigenvalue weighted by atomic mass is 19.1. The molecule has 0 spiro atoms. The minimum atomic E-state index is -1.40. The van der Waals surface area contributed by atoms with Gasteiger partial charge < -0.3 is 48.3 Å². The number of halogens is 1. The van der Waals surface area contributed by atoms with Gasteiger partial charge in [-0.25, -0.2) is 9.18 Å². The molecule has 3 unspecified atom stereocenters. The zero-order valence-electron chi connectivity index (χ0n) is 31.5. The van der Waals surface area contributed by atoms with E-state index in [0.29, 0.717) is 59.5 Å². The van der Waals surface area contributed by atoms with E-state index in [1.165, 1.54) is 34.6 Å². The first kappa shape index (κ1) is 37.6. The van der Waals surface area contributed by atoms with Gasteiger partial charge in [-0.15, -0.1) is 0 Å². The van der Waals surface area contributed by atoms with Crippen molar-refractivity contribution in [2.45, 2.75) is 50.9 Å². The fourth-order valence-corrected chi connectivity index (χ4v) is 7.87. The van der Waals surface area contributed by atoms with Crippen LogP contribution >= 0.6 is 0 Å². The molecule has 0 radical (unpaired) electrons. The van der Waals surface area contributed by atoms with Crippen molar-refractivity contribution >= 4 is 28.4 Å². The van der Waals surface area contributed by atoms with E-state index in [9.17, 15) is 19.8 Å². The van der Waals surface area contributed by atoms with Gasteiger partial charge in [0.05, 0.1) is 45.4 Å². The van der Waals surface area contributed by atoms with Gasteiger partial charge in [0.25, 0.3) is 0 Å². The fraction of sp³-hybridized carbons (Fsp3) is 0.425. The summed E-state index contributed by atoms with van der Waals surface area (Å²) in [5.41, 5.74) is 3.49. The first-order chi connectivity index (χ1) is 26.6. The summed E-state index contributed by atoms with van der Waals surface area (Å²) in [6.07, 6.45) is 3.38. The number of hydrazone groups is 1. The number of carbonyl (C=O) groups is 1.